The maximum absolute atomic E-state index is 13.1. The van der Waals surface area contributed by atoms with Crippen molar-refractivity contribution in [3.05, 3.63) is 66.0 Å². The molecule has 3 nitrogen and oxygen atoms in total. The van der Waals surface area contributed by atoms with Crippen LogP contribution in [0.4, 0.5) is 4.39 Å². The van der Waals surface area contributed by atoms with Crippen LogP contribution in [0.2, 0.25) is 0 Å². The molecule has 0 spiro atoms. The molecule has 3 aromatic rings. The molecule has 2 aromatic heterocycles. The lowest BCUT2D eigenvalue weighted by atomic mass is 10.1. The minimum atomic E-state index is -0.254. The van der Waals surface area contributed by atoms with Gasteiger partial charge < -0.3 is 5.11 Å². The molecule has 0 unspecified atom stereocenters. The number of hydrogen-bond donors (Lipinski definition) is 1. The highest BCUT2D eigenvalue weighted by Crippen LogP contribution is 2.16. The molecule has 0 fully saturated rings. The number of rotatable bonds is 2. The molecular weight excluding hydrogens is 231 g/mol. The van der Waals surface area contributed by atoms with Gasteiger partial charge in [0.05, 0.1) is 17.9 Å². The zero-order valence-electron chi connectivity index (χ0n) is 9.55. The van der Waals surface area contributed by atoms with Gasteiger partial charge >= 0.3 is 0 Å². The Labute approximate surface area is 103 Å². The van der Waals surface area contributed by atoms with Gasteiger partial charge in [-0.1, -0.05) is 12.1 Å². The van der Waals surface area contributed by atoms with Gasteiger partial charge in [-0.15, -0.1) is 0 Å². The molecule has 4 heteroatoms. The minimum absolute atomic E-state index is 0.181. The number of aromatic nitrogens is 2. The monoisotopic (exact) mass is 242 g/mol. The topological polar surface area (TPSA) is 37.5 Å². The van der Waals surface area contributed by atoms with Gasteiger partial charge in [0.1, 0.15) is 17.4 Å². The van der Waals surface area contributed by atoms with Crippen LogP contribution in [0.15, 0.2) is 48.8 Å². The van der Waals surface area contributed by atoms with E-state index in [-0.39, 0.29) is 11.6 Å². The Morgan fingerprint density at radius 3 is 2.94 bits per heavy atom. The number of halogens is 1. The van der Waals surface area contributed by atoms with Crippen molar-refractivity contribution in [2.45, 2.75) is 6.42 Å². The van der Waals surface area contributed by atoms with Crippen molar-refractivity contribution >= 4 is 5.52 Å². The summed E-state index contributed by atoms with van der Waals surface area (Å²) in [4.78, 5) is 4.29. The van der Waals surface area contributed by atoms with Gasteiger partial charge in [-0.25, -0.2) is 9.37 Å². The largest absolute Gasteiger partial charge is 0.506 e. The van der Waals surface area contributed by atoms with Crippen molar-refractivity contribution < 1.29 is 9.50 Å². The molecule has 0 aliphatic heterocycles. The summed E-state index contributed by atoms with van der Waals surface area (Å²) in [5, 5.41) is 9.47. The third-order valence-corrected chi connectivity index (χ3v) is 2.84. The molecular formula is C14H11FN2O. The van der Waals surface area contributed by atoms with Gasteiger partial charge in [0, 0.05) is 6.42 Å². The second-order valence-corrected chi connectivity index (χ2v) is 4.16. The molecule has 18 heavy (non-hydrogen) atoms. The molecule has 1 aromatic carbocycles. The molecule has 0 radical (unpaired) electrons. The van der Waals surface area contributed by atoms with Crippen molar-refractivity contribution in [3.63, 3.8) is 0 Å². The first kappa shape index (κ1) is 10.8. The Bertz CT molecular complexity index is 706. The molecule has 1 N–H and O–H groups in total. The van der Waals surface area contributed by atoms with Gasteiger partial charge in [0.2, 0.25) is 0 Å². The van der Waals surface area contributed by atoms with E-state index >= 15 is 0 Å². The van der Waals surface area contributed by atoms with E-state index in [1.807, 2.05) is 6.07 Å². The van der Waals surface area contributed by atoms with Gasteiger partial charge in [-0.3, -0.25) is 4.40 Å². The number of imidazole rings is 1. The average Bonchev–Trinajstić information content (AvgIpc) is 2.72. The Morgan fingerprint density at radius 1 is 1.22 bits per heavy atom. The lowest BCUT2D eigenvalue weighted by Gasteiger charge is -2.02. The summed E-state index contributed by atoms with van der Waals surface area (Å²) in [5.74, 6) is 0.698. The van der Waals surface area contributed by atoms with E-state index < -0.39 is 0 Å². The first-order valence-corrected chi connectivity index (χ1v) is 5.62. The highest BCUT2D eigenvalue weighted by Gasteiger charge is 2.05. The third-order valence-electron chi connectivity index (χ3n) is 2.84. The Hall–Kier alpha value is -2.36. The van der Waals surface area contributed by atoms with Crippen molar-refractivity contribution in [1.29, 1.82) is 0 Å². The maximum atomic E-state index is 13.1. The summed E-state index contributed by atoms with van der Waals surface area (Å²) < 4.78 is 14.9. The molecule has 90 valence electrons. The van der Waals surface area contributed by atoms with Crippen LogP contribution < -0.4 is 0 Å². The lowest BCUT2D eigenvalue weighted by molar-refractivity contribution is 0.471. The molecule has 0 aliphatic carbocycles. The number of nitrogens with zero attached hydrogens (tertiary/aromatic N) is 2. The van der Waals surface area contributed by atoms with E-state index in [0.717, 1.165) is 16.9 Å². The van der Waals surface area contributed by atoms with E-state index in [0.29, 0.717) is 6.42 Å². The van der Waals surface area contributed by atoms with Crippen LogP contribution in [0.1, 0.15) is 11.4 Å². The SMILES string of the molecule is Oc1ccc2cnc(Cc3cccc(F)c3)n2c1. The van der Waals surface area contributed by atoms with E-state index in [1.165, 1.54) is 12.1 Å². The van der Waals surface area contributed by atoms with E-state index in [4.69, 9.17) is 0 Å². The van der Waals surface area contributed by atoms with E-state index in [1.54, 1.807) is 35.0 Å². The summed E-state index contributed by atoms with van der Waals surface area (Å²) in [7, 11) is 0. The Morgan fingerprint density at radius 2 is 2.11 bits per heavy atom. The molecule has 0 saturated carbocycles. The third kappa shape index (κ3) is 1.93. The highest BCUT2D eigenvalue weighted by atomic mass is 19.1. The zero-order valence-corrected chi connectivity index (χ0v) is 9.55. The molecule has 0 saturated heterocycles. The van der Waals surface area contributed by atoms with Crippen molar-refractivity contribution in [2.24, 2.45) is 0 Å². The van der Waals surface area contributed by atoms with Crippen LogP contribution in [-0.4, -0.2) is 14.5 Å². The standard InChI is InChI=1S/C14H11FN2O/c15-11-3-1-2-10(6-11)7-14-16-8-12-4-5-13(18)9-17(12)14/h1-6,8-9,18H,7H2. The summed E-state index contributed by atoms with van der Waals surface area (Å²) in [6.45, 7) is 0. The normalized spacial score (nSPS) is 10.9. The number of benzene rings is 1. The minimum Gasteiger partial charge on any atom is -0.506 e. The van der Waals surface area contributed by atoms with Crippen molar-refractivity contribution in [3.8, 4) is 5.75 Å². The summed E-state index contributed by atoms with van der Waals surface area (Å²) in [6.07, 6.45) is 3.86. The number of pyridine rings is 1. The van der Waals surface area contributed by atoms with Gasteiger partial charge in [-0.2, -0.15) is 0 Å². The van der Waals surface area contributed by atoms with Crippen LogP contribution in [0, 0.1) is 5.82 Å². The maximum Gasteiger partial charge on any atom is 0.132 e. The second-order valence-electron chi connectivity index (χ2n) is 4.16. The van der Waals surface area contributed by atoms with Crippen molar-refractivity contribution in [1.82, 2.24) is 9.38 Å². The summed E-state index contributed by atoms with van der Waals surface area (Å²) in [6, 6.07) is 9.84. The molecule has 3 rings (SSSR count). The number of fused-ring (bicyclic) bond motifs is 1. The molecule has 0 aliphatic rings. The van der Waals surface area contributed by atoms with Crippen molar-refractivity contribution in [2.75, 3.05) is 0 Å². The zero-order chi connectivity index (χ0) is 12.5. The van der Waals surface area contributed by atoms with Crippen LogP contribution in [0.5, 0.6) is 5.75 Å². The lowest BCUT2D eigenvalue weighted by Crippen LogP contribution is -1.96. The summed E-state index contributed by atoms with van der Waals surface area (Å²) >= 11 is 0. The predicted molar refractivity (Wildman–Crippen MR) is 66.1 cm³/mol. The fraction of sp³-hybridized carbons (Fsp3) is 0.0714. The quantitative estimate of drug-likeness (QED) is 0.750. The van der Waals surface area contributed by atoms with Crippen LogP contribution in [0.3, 0.4) is 0 Å². The van der Waals surface area contributed by atoms with E-state index in [2.05, 4.69) is 4.98 Å². The van der Waals surface area contributed by atoms with E-state index in [9.17, 15) is 9.50 Å². The smallest absolute Gasteiger partial charge is 0.132 e. The van der Waals surface area contributed by atoms with Crippen LogP contribution >= 0.6 is 0 Å². The Balaban J connectivity index is 2.02. The molecule has 0 atom stereocenters. The molecule has 0 amide bonds. The first-order valence-electron chi connectivity index (χ1n) is 5.62. The fourth-order valence-corrected chi connectivity index (χ4v) is 1.99. The fourth-order valence-electron chi connectivity index (χ4n) is 1.99. The predicted octanol–water partition coefficient (Wildman–Crippen LogP) is 2.77. The van der Waals surface area contributed by atoms with Gasteiger partial charge in [-0.05, 0) is 29.8 Å². The second kappa shape index (κ2) is 4.14. The summed E-state index contributed by atoms with van der Waals surface area (Å²) in [5.41, 5.74) is 1.75. The molecule has 0 bridgehead atoms. The highest BCUT2D eigenvalue weighted by molar-refractivity contribution is 5.48. The first-order chi connectivity index (χ1) is 8.72. The number of hydrogen-bond acceptors (Lipinski definition) is 2. The average molecular weight is 242 g/mol. The van der Waals surface area contributed by atoms with Gasteiger partial charge in [0.15, 0.2) is 0 Å². The van der Waals surface area contributed by atoms with Crippen LogP contribution in [0.25, 0.3) is 5.52 Å². The molecule has 2 heterocycles. The van der Waals surface area contributed by atoms with Crippen LogP contribution in [-0.2, 0) is 6.42 Å². The Kier molecular flexibility index (Phi) is 2.48. The number of aromatic hydroxyl groups is 1. The van der Waals surface area contributed by atoms with Gasteiger partial charge in [0.25, 0.3) is 0 Å².